The molecule has 4 N–H and O–H groups in total. The van der Waals surface area contributed by atoms with Gasteiger partial charge in [0.15, 0.2) is 12.0 Å². The molecule has 0 unspecified atom stereocenters. The van der Waals surface area contributed by atoms with Crippen LogP contribution in [0.15, 0.2) is 64.6 Å². The van der Waals surface area contributed by atoms with Crippen LogP contribution in [0.25, 0.3) is 0 Å². The second kappa shape index (κ2) is 9.28. The van der Waals surface area contributed by atoms with Crippen LogP contribution in [-0.4, -0.2) is 51.9 Å². The molecule has 1 aromatic carbocycles. The summed E-state index contributed by atoms with van der Waals surface area (Å²) in [6, 6.07) is 10.1. The molecule has 0 bridgehead atoms. The van der Waals surface area contributed by atoms with Crippen molar-refractivity contribution >= 4 is 29.5 Å². The summed E-state index contributed by atoms with van der Waals surface area (Å²) in [6.45, 7) is 2.59. The Hall–Kier alpha value is -3.08. The second-order valence-electron chi connectivity index (χ2n) is 9.02. The van der Waals surface area contributed by atoms with Crippen LogP contribution >= 0.6 is 11.9 Å². The Morgan fingerprint density at radius 3 is 2.76 bits per heavy atom. The predicted octanol–water partition coefficient (Wildman–Crippen LogP) is 3.03. The molecule has 2 aromatic rings. The van der Waals surface area contributed by atoms with Crippen LogP contribution in [0, 0.1) is 0 Å². The van der Waals surface area contributed by atoms with E-state index in [0.29, 0.717) is 18.0 Å². The van der Waals surface area contributed by atoms with Crippen molar-refractivity contribution < 1.29 is 4.79 Å². The van der Waals surface area contributed by atoms with Crippen LogP contribution in [-0.2, 0) is 0 Å². The lowest BCUT2D eigenvalue weighted by atomic mass is 10.1. The highest BCUT2D eigenvalue weighted by atomic mass is 32.2. The average molecular weight is 477 g/mol. The first-order valence-electron chi connectivity index (χ1n) is 11.8. The lowest BCUT2D eigenvalue weighted by Crippen LogP contribution is -2.42. The van der Waals surface area contributed by atoms with Gasteiger partial charge in [0.05, 0.1) is 12.4 Å². The topological polar surface area (TPSA) is 103 Å². The van der Waals surface area contributed by atoms with Gasteiger partial charge < -0.3 is 10.6 Å². The highest BCUT2D eigenvalue weighted by Crippen LogP contribution is 2.39. The number of rotatable bonds is 7. The summed E-state index contributed by atoms with van der Waals surface area (Å²) in [5.41, 5.74) is 1.89. The minimum absolute atomic E-state index is 0.000554. The van der Waals surface area contributed by atoms with E-state index >= 15 is 0 Å². The number of amidine groups is 1. The van der Waals surface area contributed by atoms with E-state index < -0.39 is 0 Å². The van der Waals surface area contributed by atoms with Crippen LogP contribution in [0.4, 0.5) is 5.82 Å². The van der Waals surface area contributed by atoms with E-state index in [2.05, 4.69) is 52.6 Å². The maximum absolute atomic E-state index is 12.6. The number of carbonyl (C=O) groups is 1. The molecule has 0 atom stereocenters. The molecule has 0 spiro atoms. The number of benzene rings is 1. The summed E-state index contributed by atoms with van der Waals surface area (Å²) in [4.78, 5) is 20.2. The SMILES string of the molecule is O=C(NC1CCNCC1)c1ccc(SN2C=C(Nc3cc(C4CC4)[nH]n3)[N+]3C=CN=C3C2)cc1. The van der Waals surface area contributed by atoms with E-state index in [9.17, 15) is 4.79 Å². The minimum atomic E-state index is -0.000554. The third-order valence-electron chi connectivity index (χ3n) is 6.42. The maximum Gasteiger partial charge on any atom is 0.285 e. The molecule has 1 saturated heterocycles. The number of aromatic amines is 1. The molecule has 6 rings (SSSR count). The zero-order valence-corrected chi connectivity index (χ0v) is 19.6. The Kier molecular flexibility index (Phi) is 5.86. The van der Waals surface area contributed by atoms with Crippen molar-refractivity contribution in [1.82, 2.24) is 30.0 Å². The van der Waals surface area contributed by atoms with Gasteiger partial charge in [-0.05, 0) is 79.9 Å². The number of piperidine rings is 1. The largest absolute Gasteiger partial charge is 0.349 e. The second-order valence-corrected chi connectivity index (χ2v) is 10.1. The fraction of sp³-hybridized carbons (Fsp3) is 0.375. The Balaban J connectivity index is 1.12. The number of nitrogens with one attached hydrogen (secondary N) is 4. The van der Waals surface area contributed by atoms with Crippen molar-refractivity contribution in [1.29, 1.82) is 0 Å². The lowest BCUT2D eigenvalue weighted by Gasteiger charge is -2.24. The Morgan fingerprint density at radius 1 is 1.15 bits per heavy atom. The summed E-state index contributed by atoms with van der Waals surface area (Å²) >= 11 is 1.62. The molecule has 1 aromatic heterocycles. The predicted molar refractivity (Wildman–Crippen MR) is 133 cm³/mol. The van der Waals surface area contributed by atoms with Gasteiger partial charge in [-0.15, -0.1) is 0 Å². The molecule has 34 heavy (non-hydrogen) atoms. The molecule has 3 aliphatic heterocycles. The lowest BCUT2D eigenvalue weighted by molar-refractivity contribution is 0.0929. The average Bonchev–Trinajstić information content (AvgIpc) is 3.41. The molecule has 4 aliphatic rings. The summed E-state index contributed by atoms with van der Waals surface area (Å²) in [6.07, 6.45) is 10.3. The number of amides is 1. The van der Waals surface area contributed by atoms with E-state index in [1.165, 1.54) is 18.5 Å². The van der Waals surface area contributed by atoms with E-state index in [0.717, 1.165) is 48.3 Å². The van der Waals surface area contributed by atoms with Crippen molar-refractivity contribution in [2.75, 3.05) is 25.0 Å². The van der Waals surface area contributed by atoms with Gasteiger partial charge in [-0.3, -0.25) is 19.5 Å². The summed E-state index contributed by atoms with van der Waals surface area (Å²) in [5, 5.41) is 17.5. The highest BCUT2D eigenvalue weighted by molar-refractivity contribution is 7.97. The van der Waals surface area contributed by atoms with E-state index in [4.69, 9.17) is 0 Å². The van der Waals surface area contributed by atoms with Crippen molar-refractivity contribution in [3.63, 3.8) is 0 Å². The first kappa shape index (κ1) is 21.5. The maximum atomic E-state index is 12.6. The molecule has 1 saturated carbocycles. The third kappa shape index (κ3) is 4.75. The van der Waals surface area contributed by atoms with E-state index in [1.807, 2.05) is 36.7 Å². The molecule has 4 heterocycles. The van der Waals surface area contributed by atoms with Gasteiger partial charge in [-0.25, -0.2) is 0 Å². The van der Waals surface area contributed by atoms with Crippen molar-refractivity contribution in [2.45, 2.75) is 42.5 Å². The van der Waals surface area contributed by atoms with Gasteiger partial charge in [0, 0.05) is 34.2 Å². The van der Waals surface area contributed by atoms with Gasteiger partial charge in [0.1, 0.15) is 6.54 Å². The van der Waals surface area contributed by atoms with Gasteiger partial charge >= 0.3 is 0 Å². The summed E-state index contributed by atoms with van der Waals surface area (Å²) in [5.74, 6) is 3.29. The first-order chi connectivity index (χ1) is 16.7. The summed E-state index contributed by atoms with van der Waals surface area (Å²) < 4.78 is 2.14. The number of nitrogens with zero attached hydrogens (tertiary/aromatic N) is 4. The molecular formula is C24H28N8OS+. The van der Waals surface area contributed by atoms with Crippen LogP contribution in [0.1, 0.15) is 47.7 Å². The smallest absolute Gasteiger partial charge is 0.285 e. The third-order valence-corrected chi connectivity index (χ3v) is 7.38. The number of fused-ring (bicyclic) bond motifs is 1. The van der Waals surface area contributed by atoms with Crippen molar-refractivity contribution in [3.8, 4) is 0 Å². The van der Waals surface area contributed by atoms with Crippen LogP contribution in [0.3, 0.4) is 0 Å². The molecule has 1 aliphatic carbocycles. The van der Waals surface area contributed by atoms with Crippen molar-refractivity contribution in [2.24, 2.45) is 4.99 Å². The number of aliphatic imine (C=N–C) groups is 1. The monoisotopic (exact) mass is 476 g/mol. The van der Waals surface area contributed by atoms with Crippen LogP contribution in [0.5, 0.6) is 0 Å². The zero-order valence-electron chi connectivity index (χ0n) is 18.8. The molecule has 1 amide bonds. The van der Waals surface area contributed by atoms with Gasteiger partial charge in [-0.2, -0.15) is 10.1 Å². The fourth-order valence-electron chi connectivity index (χ4n) is 4.38. The molecular weight excluding hydrogens is 448 g/mol. The highest BCUT2D eigenvalue weighted by Gasteiger charge is 2.38. The Labute approximate surface area is 202 Å². The number of carbonyl (C=O) groups excluding carboxylic acids is 1. The van der Waals surface area contributed by atoms with E-state index in [-0.39, 0.29) is 11.9 Å². The van der Waals surface area contributed by atoms with Gasteiger partial charge in [0.2, 0.25) is 0 Å². The minimum Gasteiger partial charge on any atom is -0.349 e. The van der Waals surface area contributed by atoms with Crippen molar-refractivity contribution in [3.05, 3.63) is 66.0 Å². The van der Waals surface area contributed by atoms with Gasteiger partial charge in [-0.1, -0.05) is 0 Å². The Morgan fingerprint density at radius 2 is 1.97 bits per heavy atom. The van der Waals surface area contributed by atoms with Crippen LogP contribution in [0.2, 0.25) is 0 Å². The zero-order chi connectivity index (χ0) is 22.9. The Bertz CT molecular complexity index is 1140. The normalized spacial score (nSPS) is 20.6. The van der Waals surface area contributed by atoms with Crippen LogP contribution < -0.4 is 20.9 Å². The number of hydrogen-bond acceptors (Lipinski definition) is 8. The first-order valence-corrected chi connectivity index (χ1v) is 12.6. The number of H-pyrrole nitrogens is 1. The standard InChI is InChI=1S/C24H28N8OS/c33-24(27-18-7-9-25-10-8-18)17-3-5-19(6-4-17)34-31-14-22-26-11-12-32(22)23(15-31)28-21-13-20(29-30-21)16-1-2-16/h3-6,11-13,15-16,18,25H,1-2,7-10,14H2,(H,27,33)(H2,28,29,30)/q+1. The summed E-state index contributed by atoms with van der Waals surface area (Å²) in [7, 11) is 0. The number of aromatic nitrogens is 2. The number of anilines is 1. The van der Waals surface area contributed by atoms with Gasteiger partial charge in [0.25, 0.3) is 17.6 Å². The molecule has 9 nitrogen and oxygen atoms in total. The molecule has 175 valence electrons. The molecule has 1 radical (unpaired) electrons. The number of hydrogen-bond donors (Lipinski definition) is 4. The fourth-order valence-corrected chi connectivity index (χ4v) is 5.24. The molecule has 2 fully saturated rings. The quantitative estimate of drug-likeness (QED) is 0.362. The van der Waals surface area contributed by atoms with E-state index in [1.54, 1.807) is 11.9 Å². The molecule has 10 heteroatoms.